The van der Waals surface area contributed by atoms with Crippen molar-refractivity contribution in [2.45, 2.75) is 26.4 Å². The molecular formula is C18H21ClLiO3P. The van der Waals surface area contributed by atoms with Gasteiger partial charge in [-0.3, -0.25) is 4.79 Å². The minimum absolute atomic E-state index is 0. The smallest absolute Gasteiger partial charge is 1.00 e. The van der Waals surface area contributed by atoms with Gasteiger partial charge in [-0.2, -0.15) is 0 Å². The Morgan fingerprint density at radius 1 is 1.12 bits per heavy atom. The normalized spacial score (nSPS) is 11.2. The van der Waals surface area contributed by atoms with Crippen LogP contribution in [0.3, 0.4) is 0 Å². The first kappa shape index (κ1) is 21.1. The van der Waals surface area contributed by atoms with Crippen molar-refractivity contribution in [1.82, 2.24) is 0 Å². The molecule has 24 heavy (non-hydrogen) atoms. The van der Waals surface area contributed by atoms with Crippen molar-refractivity contribution in [2.24, 2.45) is 0 Å². The Morgan fingerprint density at radius 3 is 2.29 bits per heavy atom. The topological polar surface area (TPSA) is 35.5 Å². The molecule has 0 aliphatic carbocycles. The van der Waals surface area contributed by atoms with E-state index in [2.05, 4.69) is 0 Å². The van der Waals surface area contributed by atoms with Gasteiger partial charge in [-0.05, 0) is 58.9 Å². The molecule has 3 nitrogen and oxygen atoms in total. The number of benzene rings is 2. The van der Waals surface area contributed by atoms with Gasteiger partial charge in [0, 0.05) is 0 Å². The number of carbonyl (C=O) groups is 1. The molecule has 124 valence electrons. The molecule has 0 heterocycles. The summed E-state index contributed by atoms with van der Waals surface area (Å²) in [5, 5.41) is 1.34. The Bertz CT molecular complexity index is 702. The molecule has 6 heteroatoms. The Balaban J connectivity index is 0.00000288. The van der Waals surface area contributed by atoms with Crippen molar-refractivity contribution >= 4 is 31.0 Å². The van der Waals surface area contributed by atoms with E-state index in [1.807, 2.05) is 45.0 Å². The summed E-state index contributed by atoms with van der Waals surface area (Å²) in [5.74, 6) is 1.29. The number of carbonyl (C=O) groups excluding carboxylic acids is 1. The van der Waals surface area contributed by atoms with Crippen molar-refractivity contribution < 1.29 is 34.6 Å². The van der Waals surface area contributed by atoms with Crippen LogP contribution in [0.2, 0.25) is 5.02 Å². The van der Waals surface area contributed by atoms with Gasteiger partial charge in [0.05, 0.1) is 17.7 Å². The standard InChI is InChI=1S/C18H20ClO3P.Li.H/c1-18(2,3)22-12-8-10-13(11-9-12)23-17(20)16-14(19)6-5-7-15(16)21-4;;/h5-11,23H,1-4H3;;/q;+1;-1. The summed E-state index contributed by atoms with van der Waals surface area (Å²) in [6, 6.07) is 12.8. The number of rotatable bonds is 5. The van der Waals surface area contributed by atoms with Crippen LogP contribution in [-0.2, 0) is 0 Å². The van der Waals surface area contributed by atoms with Gasteiger partial charge < -0.3 is 10.9 Å². The van der Waals surface area contributed by atoms with Crippen LogP contribution in [0, 0.1) is 0 Å². The van der Waals surface area contributed by atoms with Gasteiger partial charge in [-0.25, -0.2) is 0 Å². The van der Waals surface area contributed by atoms with Gasteiger partial charge in [0.1, 0.15) is 17.1 Å². The van der Waals surface area contributed by atoms with Crippen molar-refractivity contribution in [3.63, 3.8) is 0 Å². The predicted molar refractivity (Wildman–Crippen MR) is 98.2 cm³/mol. The average Bonchev–Trinajstić information content (AvgIpc) is 2.47. The zero-order valence-electron chi connectivity index (χ0n) is 15.6. The molecule has 0 aliphatic heterocycles. The third-order valence-corrected chi connectivity index (χ3v) is 4.37. The van der Waals surface area contributed by atoms with Crippen LogP contribution in [-0.4, -0.2) is 18.2 Å². The number of ether oxygens (including phenoxy) is 2. The van der Waals surface area contributed by atoms with Gasteiger partial charge in [-0.1, -0.05) is 29.8 Å². The number of hydrogen-bond donors (Lipinski definition) is 0. The maximum atomic E-state index is 12.5. The first-order chi connectivity index (χ1) is 10.8. The summed E-state index contributed by atoms with van der Waals surface area (Å²) in [4.78, 5) is 12.5. The van der Waals surface area contributed by atoms with Crippen LogP contribution >= 0.6 is 20.2 Å². The van der Waals surface area contributed by atoms with Gasteiger partial charge in [0.15, 0.2) is 5.52 Å². The zero-order valence-corrected chi connectivity index (χ0v) is 16.4. The summed E-state index contributed by atoms with van der Waals surface area (Å²) in [7, 11) is 1.51. The average molecular weight is 359 g/mol. The quantitative estimate of drug-likeness (QED) is 0.604. The first-order valence-electron chi connectivity index (χ1n) is 7.23. The van der Waals surface area contributed by atoms with E-state index in [1.54, 1.807) is 18.2 Å². The Labute approximate surface area is 163 Å². The van der Waals surface area contributed by atoms with Crippen LogP contribution in [0.4, 0.5) is 0 Å². The van der Waals surface area contributed by atoms with E-state index in [-0.39, 0.29) is 40.0 Å². The largest absolute Gasteiger partial charge is 1.00 e. The summed E-state index contributed by atoms with van der Waals surface area (Å²) >= 11 is 6.15. The van der Waals surface area contributed by atoms with Crippen LogP contribution < -0.4 is 33.6 Å². The monoisotopic (exact) mass is 358 g/mol. The maximum absolute atomic E-state index is 12.5. The summed E-state index contributed by atoms with van der Waals surface area (Å²) in [6.45, 7) is 5.99. The number of hydrogen-bond acceptors (Lipinski definition) is 3. The van der Waals surface area contributed by atoms with Gasteiger partial charge in [-0.15, -0.1) is 0 Å². The molecule has 0 aromatic heterocycles. The van der Waals surface area contributed by atoms with Gasteiger partial charge in [0.25, 0.3) is 0 Å². The van der Waals surface area contributed by atoms with Crippen LogP contribution in [0.1, 0.15) is 32.6 Å². The molecule has 1 atom stereocenters. The molecule has 0 N–H and O–H groups in total. The predicted octanol–water partition coefficient (Wildman–Crippen LogP) is 1.79. The minimum atomic E-state index is -0.245. The molecule has 0 radical (unpaired) electrons. The molecule has 2 aromatic carbocycles. The molecule has 0 aliphatic rings. The van der Waals surface area contributed by atoms with E-state index in [0.717, 1.165) is 11.1 Å². The Hall–Kier alpha value is -0.973. The van der Waals surface area contributed by atoms with E-state index in [9.17, 15) is 4.79 Å². The second kappa shape index (κ2) is 8.93. The van der Waals surface area contributed by atoms with Crippen LogP contribution in [0.15, 0.2) is 42.5 Å². The third kappa shape index (κ3) is 5.83. The van der Waals surface area contributed by atoms with Crippen molar-refractivity contribution in [3.05, 3.63) is 53.1 Å². The fraction of sp³-hybridized carbons (Fsp3) is 0.278. The van der Waals surface area contributed by atoms with Crippen molar-refractivity contribution in [2.75, 3.05) is 7.11 Å². The zero-order chi connectivity index (χ0) is 17.0. The SMILES string of the molecule is COc1cccc(Cl)c1C(=O)Pc1ccc(OC(C)(C)C)cc1.[H-].[Li+]. The molecule has 0 amide bonds. The van der Waals surface area contributed by atoms with E-state index >= 15 is 0 Å². The second-order valence-electron chi connectivity index (χ2n) is 6.01. The number of methoxy groups -OCH3 is 1. The molecule has 0 saturated carbocycles. The van der Waals surface area contributed by atoms with E-state index < -0.39 is 0 Å². The molecule has 0 bridgehead atoms. The third-order valence-electron chi connectivity index (χ3n) is 2.96. The van der Waals surface area contributed by atoms with E-state index in [1.165, 1.54) is 7.11 Å². The molecule has 2 aromatic rings. The fourth-order valence-corrected chi connectivity index (χ4v) is 3.36. The first-order valence-corrected chi connectivity index (χ1v) is 8.61. The van der Waals surface area contributed by atoms with Gasteiger partial charge >= 0.3 is 18.9 Å². The van der Waals surface area contributed by atoms with Crippen LogP contribution in [0.25, 0.3) is 0 Å². The van der Waals surface area contributed by atoms with Gasteiger partial charge in [0.2, 0.25) is 0 Å². The Kier molecular flexibility index (Phi) is 7.84. The summed E-state index contributed by atoms with van der Waals surface area (Å²) in [6.07, 6.45) is 0. The molecule has 0 saturated heterocycles. The molecule has 1 unspecified atom stereocenters. The van der Waals surface area contributed by atoms with E-state index in [0.29, 0.717) is 16.3 Å². The summed E-state index contributed by atoms with van der Waals surface area (Å²) in [5.41, 5.74) is 0.145. The molecule has 0 fully saturated rings. The number of halogens is 1. The van der Waals surface area contributed by atoms with Crippen molar-refractivity contribution in [3.8, 4) is 11.5 Å². The van der Waals surface area contributed by atoms with E-state index in [4.69, 9.17) is 21.1 Å². The molecule has 2 rings (SSSR count). The fourth-order valence-electron chi connectivity index (χ4n) is 2.05. The Morgan fingerprint density at radius 2 is 1.75 bits per heavy atom. The van der Waals surface area contributed by atoms with Crippen LogP contribution in [0.5, 0.6) is 11.5 Å². The maximum Gasteiger partial charge on any atom is 1.00 e. The summed E-state index contributed by atoms with van der Waals surface area (Å²) < 4.78 is 11.0. The second-order valence-corrected chi connectivity index (χ2v) is 7.70. The molecule has 0 spiro atoms. The minimum Gasteiger partial charge on any atom is -1.00 e. The van der Waals surface area contributed by atoms with Crippen molar-refractivity contribution in [1.29, 1.82) is 0 Å². The molecular weight excluding hydrogens is 338 g/mol.